The SMILES string of the molecule is C=CCn1c(CO)nc2cc(OCCC)ccc21. The van der Waals surface area contributed by atoms with E-state index in [2.05, 4.69) is 18.5 Å². The van der Waals surface area contributed by atoms with Crippen molar-refractivity contribution in [1.82, 2.24) is 9.55 Å². The van der Waals surface area contributed by atoms with Crippen LogP contribution in [-0.4, -0.2) is 21.3 Å². The normalized spacial score (nSPS) is 10.8. The minimum Gasteiger partial charge on any atom is -0.494 e. The molecule has 1 aromatic heterocycles. The molecule has 0 aliphatic rings. The lowest BCUT2D eigenvalue weighted by molar-refractivity contribution is 0.267. The molecular formula is C14H18N2O2. The summed E-state index contributed by atoms with van der Waals surface area (Å²) >= 11 is 0. The summed E-state index contributed by atoms with van der Waals surface area (Å²) in [6.07, 6.45) is 2.77. The molecule has 0 fully saturated rings. The molecule has 1 N–H and O–H groups in total. The van der Waals surface area contributed by atoms with Gasteiger partial charge in [0.1, 0.15) is 18.2 Å². The highest BCUT2D eigenvalue weighted by molar-refractivity contribution is 5.77. The topological polar surface area (TPSA) is 47.3 Å². The zero-order chi connectivity index (χ0) is 13.0. The lowest BCUT2D eigenvalue weighted by Gasteiger charge is -2.05. The van der Waals surface area contributed by atoms with Crippen LogP contribution >= 0.6 is 0 Å². The molecule has 4 heteroatoms. The van der Waals surface area contributed by atoms with Crippen molar-refractivity contribution in [3.63, 3.8) is 0 Å². The smallest absolute Gasteiger partial charge is 0.136 e. The number of aromatic nitrogens is 2. The molecule has 1 aromatic carbocycles. The van der Waals surface area contributed by atoms with E-state index in [1.54, 1.807) is 6.08 Å². The van der Waals surface area contributed by atoms with Crippen molar-refractivity contribution in [3.05, 3.63) is 36.7 Å². The van der Waals surface area contributed by atoms with Crippen LogP contribution in [0.3, 0.4) is 0 Å². The molecule has 1 heterocycles. The second-order valence-electron chi connectivity index (χ2n) is 4.08. The Balaban J connectivity index is 2.41. The standard InChI is InChI=1S/C14H18N2O2/c1-3-7-16-13-6-5-11(18-8-4-2)9-12(13)15-14(16)10-17/h3,5-6,9,17H,1,4,7-8,10H2,2H3. The van der Waals surface area contributed by atoms with Crippen LogP contribution in [0.1, 0.15) is 19.2 Å². The highest BCUT2D eigenvalue weighted by Gasteiger charge is 2.09. The van der Waals surface area contributed by atoms with Gasteiger partial charge in [-0.05, 0) is 18.6 Å². The summed E-state index contributed by atoms with van der Waals surface area (Å²) in [7, 11) is 0. The summed E-state index contributed by atoms with van der Waals surface area (Å²) in [5.41, 5.74) is 1.83. The quantitative estimate of drug-likeness (QED) is 0.797. The van der Waals surface area contributed by atoms with Crippen LogP contribution < -0.4 is 4.74 Å². The van der Waals surface area contributed by atoms with Gasteiger partial charge in [-0.15, -0.1) is 6.58 Å². The van der Waals surface area contributed by atoms with Gasteiger partial charge < -0.3 is 14.4 Å². The summed E-state index contributed by atoms with van der Waals surface area (Å²) in [5, 5.41) is 9.31. The summed E-state index contributed by atoms with van der Waals surface area (Å²) in [4.78, 5) is 4.40. The van der Waals surface area contributed by atoms with Crippen molar-refractivity contribution in [3.8, 4) is 5.75 Å². The molecule has 0 atom stereocenters. The monoisotopic (exact) mass is 246 g/mol. The number of benzene rings is 1. The Labute approximate surface area is 107 Å². The number of rotatable bonds is 6. The number of nitrogens with zero attached hydrogens (tertiary/aromatic N) is 2. The fourth-order valence-corrected chi connectivity index (χ4v) is 1.92. The van der Waals surface area contributed by atoms with Gasteiger partial charge in [0.15, 0.2) is 0 Å². The summed E-state index contributed by atoms with van der Waals surface area (Å²) < 4.78 is 7.52. The minimum atomic E-state index is -0.0757. The fourth-order valence-electron chi connectivity index (χ4n) is 1.92. The van der Waals surface area contributed by atoms with E-state index in [0.717, 1.165) is 23.2 Å². The van der Waals surface area contributed by atoms with Gasteiger partial charge in [0.25, 0.3) is 0 Å². The number of aliphatic hydroxyl groups is 1. The predicted molar refractivity (Wildman–Crippen MR) is 71.6 cm³/mol. The first kappa shape index (κ1) is 12.6. The highest BCUT2D eigenvalue weighted by atomic mass is 16.5. The Hall–Kier alpha value is -1.81. The van der Waals surface area contributed by atoms with Gasteiger partial charge in [0.05, 0.1) is 17.6 Å². The summed E-state index contributed by atoms with van der Waals surface area (Å²) in [6.45, 7) is 7.06. The van der Waals surface area contributed by atoms with Crippen LogP contribution in [0.2, 0.25) is 0 Å². The summed E-state index contributed by atoms with van der Waals surface area (Å²) in [5.74, 6) is 1.47. The molecule has 0 saturated heterocycles. The number of hydrogen-bond acceptors (Lipinski definition) is 3. The van der Waals surface area contributed by atoms with E-state index >= 15 is 0 Å². The zero-order valence-electron chi connectivity index (χ0n) is 10.6. The van der Waals surface area contributed by atoms with Crippen LogP contribution in [-0.2, 0) is 13.2 Å². The Kier molecular flexibility index (Phi) is 3.99. The molecule has 4 nitrogen and oxygen atoms in total. The molecule has 0 saturated carbocycles. The Bertz CT molecular complexity index is 546. The van der Waals surface area contributed by atoms with Gasteiger partial charge in [-0.2, -0.15) is 0 Å². The first-order valence-corrected chi connectivity index (χ1v) is 6.13. The molecule has 0 bridgehead atoms. The van der Waals surface area contributed by atoms with E-state index in [1.807, 2.05) is 22.8 Å². The Morgan fingerprint density at radius 2 is 2.33 bits per heavy atom. The maximum atomic E-state index is 9.31. The Morgan fingerprint density at radius 3 is 3.00 bits per heavy atom. The molecule has 0 radical (unpaired) electrons. The average Bonchev–Trinajstić information content (AvgIpc) is 2.74. The van der Waals surface area contributed by atoms with Crippen LogP contribution in [0.15, 0.2) is 30.9 Å². The van der Waals surface area contributed by atoms with Crippen LogP contribution in [0.25, 0.3) is 11.0 Å². The molecule has 0 amide bonds. The van der Waals surface area contributed by atoms with Gasteiger partial charge in [0, 0.05) is 12.6 Å². The van der Waals surface area contributed by atoms with Crippen molar-refractivity contribution >= 4 is 11.0 Å². The van der Waals surface area contributed by atoms with E-state index in [9.17, 15) is 5.11 Å². The van der Waals surface area contributed by atoms with E-state index in [1.165, 1.54) is 0 Å². The molecule has 96 valence electrons. The van der Waals surface area contributed by atoms with Gasteiger partial charge in [-0.1, -0.05) is 13.0 Å². The fraction of sp³-hybridized carbons (Fsp3) is 0.357. The number of ether oxygens (including phenoxy) is 1. The number of aliphatic hydroxyl groups excluding tert-OH is 1. The van der Waals surface area contributed by atoms with Gasteiger partial charge in [0.2, 0.25) is 0 Å². The van der Waals surface area contributed by atoms with Crippen LogP contribution in [0.5, 0.6) is 5.75 Å². The lowest BCUT2D eigenvalue weighted by atomic mass is 10.3. The maximum Gasteiger partial charge on any atom is 0.136 e. The van der Waals surface area contributed by atoms with Crippen molar-refractivity contribution in [2.45, 2.75) is 26.5 Å². The van der Waals surface area contributed by atoms with Crippen molar-refractivity contribution < 1.29 is 9.84 Å². The van der Waals surface area contributed by atoms with E-state index in [4.69, 9.17) is 4.74 Å². The van der Waals surface area contributed by atoms with Gasteiger partial charge in [-0.3, -0.25) is 0 Å². The molecular weight excluding hydrogens is 228 g/mol. The zero-order valence-corrected chi connectivity index (χ0v) is 10.6. The van der Waals surface area contributed by atoms with Gasteiger partial charge in [-0.25, -0.2) is 4.98 Å². The molecule has 0 aliphatic carbocycles. The third-order valence-electron chi connectivity index (χ3n) is 2.72. The predicted octanol–water partition coefficient (Wildman–Crippen LogP) is 2.50. The number of allylic oxidation sites excluding steroid dienone is 1. The highest BCUT2D eigenvalue weighted by Crippen LogP contribution is 2.22. The van der Waals surface area contributed by atoms with Gasteiger partial charge >= 0.3 is 0 Å². The second kappa shape index (κ2) is 5.69. The average molecular weight is 246 g/mol. The third-order valence-corrected chi connectivity index (χ3v) is 2.72. The number of fused-ring (bicyclic) bond motifs is 1. The Morgan fingerprint density at radius 1 is 1.50 bits per heavy atom. The molecule has 18 heavy (non-hydrogen) atoms. The van der Waals surface area contributed by atoms with Crippen molar-refractivity contribution in [1.29, 1.82) is 0 Å². The molecule has 2 aromatic rings. The molecule has 0 aliphatic heterocycles. The lowest BCUT2D eigenvalue weighted by Crippen LogP contribution is -2.01. The van der Waals surface area contributed by atoms with Crippen LogP contribution in [0, 0.1) is 0 Å². The molecule has 0 spiro atoms. The summed E-state index contributed by atoms with van der Waals surface area (Å²) in [6, 6.07) is 5.81. The maximum absolute atomic E-state index is 9.31. The third kappa shape index (κ3) is 2.38. The number of hydrogen-bond donors (Lipinski definition) is 1. The first-order chi connectivity index (χ1) is 8.80. The van der Waals surface area contributed by atoms with Crippen molar-refractivity contribution in [2.75, 3.05) is 6.61 Å². The minimum absolute atomic E-state index is 0.0757. The van der Waals surface area contributed by atoms with E-state index < -0.39 is 0 Å². The van der Waals surface area contributed by atoms with Crippen LogP contribution in [0.4, 0.5) is 0 Å². The number of imidazole rings is 1. The van der Waals surface area contributed by atoms with E-state index in [-0.39, 0.29) is 6.61 Å². The first-order valence-electron chi connectivity index (χ1n) is 6.13. The van der Waals surface area contributed by atoms with Crippen molar-refractivity contribution in [2.24, 2.45) is 0 Å². The largest absolute Gasteiger partial charge is 0.494 e. The van der Waals surface area contributed by atoms with E-state index in [0.29, 0.717) is 19.0 Å². The molecule has 2 rings (SSSR count). The molecule has 0 unspecified atom stereocenters. The second-order valence-corrected chi connectivity index (χ2v) is 4.08.